The summed E-state index contributed by atoms with van der Waals surface area (Å²) in [5.41, 5.74) is 0.303. The van der Waals surface area contributed by atoms with Crippen molar-refractivity contribution in [1.29, 1.82) is 0 Å². The van der Waals surface area contributed by atoms with E-state index in [4.69, 9.17) is 0 Å². The first-order valence-corrected chi connectivity index (χ1v) is 7.49. The van der Waals surface area contributed by atoms with E-state index >= 15 is 0 Å². The first-order valence-electron chi connectivity index (χ1n) is 7.49. The Hall–Kier alpha value is -1.95. The van der Waals surface area contributed by atoms with E-state index in [1.807, 2.05) is 0 Å². The summed E-state index contributed by atoms with van der Waals surface area (Å²) in [6.07, 6.45) is 3.12. The van der Waals surface area contributed by atoms with E-state index in [-0.39, 0.29) is 17.6 Å². The normalized spacial score (nSPS) is 21.8. The lowest BCUT2D eigenvalue weighted by Crippen LogP contribution is -3.13. The van der Waals surface area contributed by atoms with Gasteiger partial charge in [0.1, 0.15) is 0 Å². The number of nitrogens with zero attached hydrogens (tertiary/aromatic N) is 1. The third kappa shape index (κ3) is 4.26. The van der Waals surface area contributed by atoms with Gasteiger partial charge < -0.3 is 10.2 Å². The van der Waals surface area contributed by atoms with Crippen molar-refractivity contribution >= 4 is 11.6 Å². The van der Waals surface area contributed by atoms with Gasteiger partial charge in [-0.3, -0.25) is 14.9 Å². The van der Waals surface area contributed by atoms with Gasteiger partial charge in [0.2, 0.25) is 0 Å². The van der Waals surface area contributed by atoms with E-state index in [1.165, 1.54) is 25.1 Å². The number of hydrogen-bond acceptors (Lipinski definition) is 3. The van der Waals surface area contributed by atoms with Crippen LogP contribution in [-0.4, -0.2) is 36.5 Å². The Kier molecular flexibility index (Phi) is 5.27. The van der Waals surface area contributed by atoms with Crippen molar-refractivity contribution in [2.45, 2.75) is 32.2 Å². The Labute approximate surface area is 124 Å². The lowest BCUT2D eigenvalue weighted by molar-refractivity contribution is -0.905. The standard InChI is InChI=1S/C15H21N3O3/c1-2-8-17-9-6-13(7-10-17)16-15(19)12-4-3-5-14(11-12)18(20)21/h3-5,11,13H,2,6-10H2,1H3,(H,16,19)/p+1. The van der Waals surface area contributed by atoms with Crippen LogP contribution in [0.2, 0.25) is 0 Å². The number of nitrogens with one attached hydrogen (secondary N) is 2. The van der Waals surface area contributed by atoms with Crippen molar-refractivity contribution in [2.75, 3.05) is 19.6 Å². The van der Waals surface area contributed by atoms with Gasteiger partial charge in [-0.1, -0.05) is 13.0 Å². The molecule has 0 bridgehead atoms. The number of piperidine rings is 1. The van der Waals surface area contributed by atoms with Crippen molar-refractivity contribution in [2.24, 2.45) is 0 Å². The minimum atomic E-state index is -0.483. The number of nitro groups is 1. The smallest absolute Gasteiger partial charge is 0.270 e. The van der Waals surface area contributed by atoms with Crippen LogP contribution in [0.15, 0.2) is 24.3 Å². The Morgan fingerprint density at radius 3 is 2.76 bits per heavy atom. The fraction of sp³-hybridized carbons (Fsp3) is 0.533. The number of quaternary nitrogens is 1. The molecule has 0 spiro atoms. The fourth-order valence-corrected chi connectivity index (χ4v) is 2.80. The van der Waals surface area contributed by atoms with Crippen LogP contribution < -0.4 is 10.2 Å². The summed E-state index contributed by atoms with van der Waals surface area (Å²) in [6.45, 7) is 5.52. The summed E-state index contributed by atoms with van der Waals surface area (Å²) in [5, 5.41) is 13.7. The molecule has 0 aromatic heterocycles. The number of carbonyl (C=O) groups excluding carboxylic acids is 1. The Morgan fingerprint density at radius 1 is 1.43 bits per heavy atom. The lowest BCUT2D eigenvalue weighted by Gasteiger charge is -2.29. The highest BCUT2D eigenvalue weighted by molar-refractivity contribution is 5.94. The average molecular weight is 292 g/mol. The number of carbonyl (C=O) groups is 1. The Morgan fingerprint density at radius 2 is 2.14 bits per heavy atom. The minimum Gasteiger partial charge on any atom is -0.349 e. The molecule has 2 N–H and O–H groups in total. The number of hydrogen-bond donors (Lipinski definition) is 2. The highest BCUT2D eigenvalue weighted by Gasteiger charge is 2.23. The molecule has 1 saturated heterocycles. The van der Waals surface area contributed by atoms with E-state index in [0.717, 1.165) is 25.9 Å². The molecule has 6 nitrogen and oxygen atoms in total. The Balaban J connectivity index is 1.90. The van der Waals surface area contributed by atoms with Gasteiger partial charge in [-0.2, -0.15) is 0 Å². The highest BCUT2D eigenvalue weighted by atomic mass is 16.6. The molecule has 0 unspecified atom stereocenters. The summed E-state index contributed by atoms with van der Waals surface area (Å²) < 4.78 is 0. The topological polar surface area (TPSA) is 76.7 Å². The number of amides is 1. The summed E-state index contributed by atoms with van der Waals surface area (Å²) >= 11 is 0. The number of non-ortho nitro benzene ring substituents is 1. The van der Waals surface area contributed by atoms with Crippen molar-refractivity contribution in [3.63, 3.8) is 0 Å². The number of benzene rings is 1. The van der Waals surface area contributed by atoms with Gasteiger partial charge in [-0.25, -0.2) is 0 Å². The van der Waals surface area contributed by atoms with Gasteiger partial charge in [0.25, 0.3) is 11.6 Å². The second-order valence-electron chi connectivity index (χ2n) is 5.56. The van der Waals surface area contributed by atoms with Crippen LogP contribution in [0.4, 0.5) is 5.69 Å². The van der Waals surface area contributed by atoms with E-state index in [9.17, 15) is 14.9 Å². The summed E-state index contributed by atoms with van der Waals surface area (Å²) in [6, 6.07) is 6.05. The zero-order valence-electron chi connectivity index (χ0n) is 12.3. The third-order valence-corrected chi connectivity index (χ3v) is 3.95. The van der Waals surface area contributed by atoms with E-state index in [0.29, 0.717) is 5.56 Å². The van der Waals surface area contributed by atoms with Crippen LogP contribution >= 0.6 is 0 Å². The largest absolute Gasteiger partial charge is 0.349 e. The van der Waals surface area contributed by atoms with Gasteiger partial charge >= 0.3 is 0 Å². The summed E-state index contributed by atoms with van der Waals surface area (Å²) in [7, 11) is 0. The van der Waals surface area contributed by atoms with Crippen LogP contribution in [0.1, 0.15) is 36.5 Å². The predicted octanol–water partition coefficient (Wildman–Crippen LogP) is 0.782. The van der Waals surface area contributed by atoms with Crippen molar-refractivity contribution in [1.82, 2.24) is 5.32 Å². The van der Waals surface area contributed by atoms with Gasteiger partial charge in [0.15, 0.2) is 0 Å². The molecular formula is C15H22N3O3+. The first kappa shape index (κ1) is 15.4. The number of nitro benzene ring substituents is 1. The molecule has 0 atom stereocenters. The maximum absolute atomic E-state index is 12.2. The fourth-order valence-electron chi connectivity index (χ4n) is 2.80. The molecule has 0 aliphatic carbocycles. The van der Waals surface area contributed by atoms with Gasteiger partial charge in [0.05, 0.1) is 24.6 Å². The zero-order chi connectivity index (χ0) is 15.2. The van der Waals surface area contributed by atoms with E-state index in [1.54, 1.807) is 17.0 Å². The zero-order valence-corrected chi connectivity index (χ0v) is 12.3. The monoisotopic (exact) mass is 292 g/mol. The quantitative estimate of drug-likeness (QED) is 0.622. The maximum Gasteiger partial charge on any atom is 0.270 e. The third-order valence-electron chi connectivity index (χ3n) is 3.95. The molecule has 1 aliphatic rings. The molecule has 1 aromatic carbocycles. The molecule has 0 radical (unpaired) electrons. The van der Waals surface area contributed by atoms with Crippen molar-refractivity contribution in [3.05, 3.63) is 39.9 Å². The molecule has 2 rings (SSSR count). The average Bonchev–Trinajstić information content (AvgIpc) is 2.49. The van der Waals surface area contributed by atoms with Gasteiger partial charge in [-0.15, -0.1) is 0 Å². The number of likely N-dealkylation sites (tertiary alicyclic amines) is 1. The predicted molar refractivity (Wildman–Crippen MR) is 79.4 cm³/mol. The summed E-state index contributed by atoms with van der Waals surface area (Å²) in [4.78, 5) is 24.0. The highest BCUT2D eigenvalue weighted by Crippen LogP contribution is 2.13. The number of rotatable bonds is 5. The van der Waals surface area contributed by atoms with Crippen LogP contribution in [0.5, 0.6) is 0 Å². The molecule has 1 heterocycles. The maximum atomic E-state index is 12.2. The van der Waals surface area contributed by atoms with E-state index in [2.05, 4.69) is 12.2 Å². The molecule has 6 heteroatoms. The van der Waals surface area contributed by atoms with Crippen molar-refractivity contribution < 1.29 is 14.6 Å². The molecule has 1 amide bonds. The SMILES string of the molecule is CCC[NH+]1CCC(NC(=O)c2cccc([N+](=O)[O-])c2)CC1. The summed E-state index contributed by atoms with van der Waals surface area (Å²) in [5.74, 6) is -0.220. The lowest BCUT2D eigenvalue weighted by atomic mass is 10.0. The molecule has 21 heavy (non-hydrogen) atoms. The Bertz CT molecular complexity index is 511. The second kappa shape index (κ2) is 7.17. The first-order chi connectivity index (χ1) is 10.1. The molecule has 1 aliphatic heterocycles. The van der Waals surface area contributed by atoms with Crippen molar-refractivity contribution in [3.8, 4) is 0 Å². The molecule has 1 aromatic rings. The van der Waals surface area contributed by atoms with E-state index < -0.39 is 4.92 Å². The van der Waals surface area contributed by atoms with Gasteiger partial charge in [-0.05, 0) is 12.5 Å². The molecule has 0 saturated carbocycles. The molecule has 114 valence electrons. The van der Waals surface area contributed by atoms with Gasteiger partial charge in [0, 0.05) is 36.6 Å². The van der Waals surface area contributed by atoms with Crippen LogP contribution in [-0.2, 0) is 0 Å². The molecule has 1 fully saturated rings. The van der Waals surface area contributed by atoms with Crippen LogP contribution in [0.3, 0.4) is 0 Å². The van der Waals surface area contributed by atoms with Crippen LogP contribution in [0, 0.1) is 10.1 Å². The van der Waals surface area contributed by atoms with Crippen LogP contribution in [0.25, 0.3) is 0 Å². The molecular weight excluding hydrogens is 270 g/mol. The minimum absolute atomic E-state index is 0.0511. The second-order valence-corrected chi connectivity index (χ2v) is 5.56.